The Balaban J connectivity index is 1.85. The van der Waals surface area contributed by atoms with Crippen molar-refractivity contribution in [2.75, 3.05) is 0 Å². The van der Waals surface area contributed by atoms with Crippen LogP contribution in [0.3, 0.4) is 0 Å². The quantitative estimate of drug-likeness (QED) is 0.726. The van der Waals surface area contributed by atoms with Crippen molar-refractivity contribution in [2.24, 2.45) is 0 Å². The van der Waals surface area contributed by atoms with Gasteiger partial charge in [0.1, 0.15) is 0 Å². The third-order valence-corrected chi connectivity index (χ3v) is 4.82. The molecule has 0 atom stereocenters. The highest BCUT2D eigenvalue weighted by Gasteiger charge is 2.16. The maximum absolute atomic E-state index is 12.6. The molecule has 0 saturated heterocycles. The number of rotatable bonds is 2. The molecule has 0 saturated carbocycles. The predicted octanol–water partition coefficient (Wildman–Crippen LogP) is 2.64. The molecule has 0 unspecified atom stereocenters. The summed E-state index contributed by atoms with van der Waals surface area (Å²) in [6.07, 6.45) is 5.32. The van der Waals surface area contributed by atoms with Crippen molar-refractivity contribution in [3.8, 4) is 0 Å². The minimum absolute atomic E-state index is 0.0257. The Morgan fingerprint density at radius 2 is 2.30 bits per heavy atom. The lowest BCUT2D eigenvalue weighted by Gasteiger charge is -2.15. The first-order valence-corrected chi connectivity index (χ1v) is 7.81. The summed E-state index contributed by atoms with van der Waals surface area (Å²) < 4.78 is 3.82. The van der Waals surface area contributed by atoms with Crippen molar-refractivity contribution in [2.45, 2.75) is 32.4 Å². The van der Waals surface area contributed by atoms with Crippen LogP contribution in [0.2, 0.25) is 0 Å². The summed E-state index contributed by atoms with van der Waals surface area (Å²) in [6, 6.07) is 6.10. The van der Waals surface area contributed by atoms with Gasteiger partial charge in [-0.05, 0) is 36.8 Å². The number of fused-ring (bicyclic) bond motifs is 3. The van der Waals surface area contributed by atoms with Gasteiger partial charge >= 0.3 is 0 Å². The molecule has 0 amide bonds. The third kappa shape index (κ3) is 1.81. The van der Waals surface area contributed by atoms with E-state index in [-0.39, 0.29) is 5.56 Å². The van der Waals surface area contributed by atoms with Crippen LogP contribution in [0.25, 0.3) is 10.9 Å². The van der Waals surface area contributed by atoms with Crippen LogP contribution >= 0.6 is 11.3 Å². The van der Waals surface area contributed by atoms with E-state index in [2.05, 4.69) is 15.7 Å². The molecule has 1 aliphatic heterocycles. The zero-order valence-corrected chi connectivity index (χ0v) is 11.9. The van der Waals surface area contributed by atoms with Crippen LogP contribution in [-0.4, -0.2) is 14.3 Å². The van der Waals surface area contributed by atoms with Gasteiger partial charge in [-0.1, -0.05) is 6.07 Å². The Morgan fingerprint density at radius 3 is 3.15 bits per heavy atom. The molecule has 3 aromatic heterocycles. The van der Waals surface area contributed by atoms with Crippen LogP contribution < -0.4 is 5.56 Å². The average molecular weight is 285 g/mol. The molecular weight excluding hydrogens is 270 g/mol. The Kier molecular flexibility index (Phi) is 2.73. The Hall–Kier alpha value is -1.88. The lowest BCUT2D eigenvalue weighted by Crippen LogP contribution is -2.22. The van der Waals surface area contributed by atoms with E-state index in [1.807, 2.05) is 23.7 Å². The number of nitrogens with zero attached hydrogens (tertiary/aromatic N) is 3. The van der Waals surface area contributed by atoms with Crippen LogP contribution in [0.4, 0.5) is 0 Å². The fraction of sp³-hybridized carbons (Fsp3) is 0.333. The van der Waals surface area contributed by atoms with Crippen molar-refractivity contribution in [3.05, 3.63) is 50.7 Å². The highest BCUT2D eigenvalue weighted by atomic mass is 32.1. The minimum Gasteiger partial charge on any atom is -0.343 e. The first-order chi connectivity index (χ1) is 9.83. The molecule has 0 radical (unpaired) electrons. The number of thiophene rings is 1. The predicted molar refractivity (Wildman–Crippen MR) is 80.4 cm³/mol. The second-order valence-electron chi connectivity index (χ2n) is 5.23. The number of hydrogen-bond acceptors (Lipinski definition) is 3. The second-order valence-corrected chi connectivity index (χ2v) is 6.26. The van der Waals surface area contributed by atoms with Crippen molar-refractivity contribution < 1.29 is 0 Å². The van der Waals surface area contributed by atoms with Crippen molar-refractivity contribution in [1.82, 2.24) is 14.3 Å². The van der Waals surface area contributed by atoms with Gasteiger partial charge in [-0.15, -0.1) is 11.3 Å². The highest BCUT2D eigenvalue weighted by Crippen LogP contribution is 2.22. The highest BCUT2D eigenvalue weighted by molar-refractivity contribution is 7.09. The van der Waals surface area contributed by atoms with Crippen LogP contribution in [-0.2, 0) is 19.5 Å². The molecule has 4 nitrogen and oxygen atoms in total. The zero-order chi connectivity index (χ0) is 13.5. The molecule has 102 valence electrons. The van der Waals surface area contributed by atoms with E-state index in [0.717, 1.165) is 28.7 Å². The largest absolute Gasteiger partial charge is 0.343 e. The first-order valence-electron chi connectivity index (χ1n) is 6.93. The Morgan fingerprint density at radius 1 is 1.35 bits per heavy atom. The normalized spacial score (nSPS) is 14.6. The maximum atomic E-state index is 12.6. The third-order valence-electron chi connectivity index (χ3n) is 3.96. The molecule has 4 heterocycles. The van der Waals surface area contributed by atoms with E-state index >= 15 is 0 Å². The zero-order valence-electron chi connectivity index (χ0n) is 11.1. The summed E-state index contributed by atoms with van der Waals surface area (Å²) in [5, 5.41) is 7.19. The molecule has 0 fully saturated rings. The molecule has 20 heavy (non-hydrogen) atoms. The van der Waals surface area contributed by atoms with Crippen molar-refractivity contribution >= 4 is 22.2 Å². The molecule has 0 bridgehead atoms. The van der Waals surface area contributed by atoms with Gasteiger partial charge in [0.05, 0.1) is 23.6 Å². The summed E-state index contributed by atoms with van der Waals surface area (Å²) in [5.41, 5.74) is 2.30. The Bertz CT molecular complexity index is 814. The standard InChI is InChI=1S/C15H15N3OS/c19-15-13-8-11-4-1-2-6-17(11)14(13)9-16-18(15)10-12-5-3-7-20-12/h3,5,7-9H,1-2,4,6,10H2. The van der Waals surface area contributed by atoms with Gasteiger partial charge < -0.3 is 4.57 Å². The molecule has 0 spiro atoms. The topological polar surface area (TPSA) is 39.8 Å². The summed E-state index contributed by atoms with van der Waals surface area (Å²) >= 11 is 1.65. The number of aryl methyl sites for hydroxylation is 2. The van der Waals surface area contributed by atoms with Crippen molar-refractivity contribution in [1.29, 1.82) is 0 Å². The monoisotopic (exact) mass is 285 g/mol. The summed E-state index contributed by atoms with van der Waals surface area (Å²) in [5.74, 6) is 0. The van der Waals surface area contributed by atoms with Crippen LogP contribution in [0.15, 0.2) is 34.6 Å². The number of hydrogen-bond donors (Lipinski definition) is 0. The smallest absolute Gasteiger partial charge is 0.276 e. The van der Waals surface area contributed by atoms with Crippen molar-refractivity contribution in [3.63, 3.8) is 0 Å². The molecular formula is C15H15N3OS. The average Bonchev–Trinajstić information content (AvgIpc) is 3.09. The summed E-state index contributed by atoms with van der Waals surface area (Å²) in [4.78, 5) is 13.7. The number of aromatic nitrogens is 3. The fourth-order valence-electron chi connectivity index (χ4n) is 2.95. The lowest BCUT2D eigenvalue weighted by atomic mass is 10.1. The maximum Gasteiger partial charge on any atom is 0.276 e. The van der Waals surface area contributed by atoms with Gasteiger partial charge in [0.25, 0.3) is 5.56 Å². The van der Waals surface area contributed by atoms with Crippen LogP contribution in [0.5, 0.6) is 0 Å². The minimum atomic E-state index is 0.0257. The van der Waals surface area contributed by atoms with Gasteiger partial charge in [0.15, 0.2) is 0 Å². The molecule has 0 N–H and O–H groups in total. The van der Waals surface area contributed by atoms with Gasteiger partial charge in [-0.25, -0.2) is 4.68 Å². The molecule has 1 aliphatic rings. The van der Waals surface area contributed by atoms with Gasteiger partial charge in [0, 0.05) is 17.1 Å². The summed E-state index contributed by atoms with van der Waals surface area (Å²) in [6.45, 7) is 1.57. The molecule has 4 rings (SSSR count). The van der Waals surface area contributed by atoms with E-state index in [1.54, 1.807) is 16.0 Å². The van der Waals surface area contributed by atoms with Crippen LogP contribution in [0.1, 0.15) is 23.4 Å². The first kappa shape index (κ1) is 11.9. The Labute approximate surface area is 120 Å². The van der Waals surface area contributed by atoms with E-state index in [4.69, 9.17) is 0 Å². The molecule has 5 heteroatoms. The van der Waals surface area contributed by atoms with E-state index in [1.165, 1.54) is 18.5 Å². The summed E-state index contributed by atoms with van der Waals surface area (Å²) in [7, 11) is 0. The lowest BCUT2D eigenvalue weighted by molar-refractivity contribution is 0.543. The van der Waals surface area contributed by atoms with E-state index in [0.29, 0.717) is 6.54 Å². The van der Waals surface area contributed by atoms with E-state index in [9.17, 15) is 4.79 Å². The van der Waals surface area contributed by atoms with Gasteiger partial charge in [-0.3, -0.25) is 4.79 Å². The molecule has 0 aliphatic carbocycles. The molecule has 0 aromatic carbocycles. The van der Waals surface area contributed by atoms with Gasteiger partial charge in [-0.2, -0.15) is 5.10 Å². The van der Waals surface area contributed by atoms with Gasteiger partial charge in [0.2, 0.25) is 0 Å². The SMILES string of the molecule is O=c1c2cc3n(c2cnn1Cc1cccs1)CCCC3. The fourth-order valence-corrected chi connectivity index (χ4v) is 3.64. The second kappa shape index (κ2) is 4.59. The molecule has 3 aromatic rings. The van der Waals surface area contributed by atoms with Crippen LogP contribution in [0, 0.1) is 0 Å². The van der Waals surface area contributed by atoms with E-state index < -0.39 is 0 Å².